The Hall–Kier alpha value is -3.88. The van der Waals surface area contributed by atoms with E-state index in [4.69, 9.17) is 10.2 Å². The molecule has 1 atom stereocenters. The molecule has 2 aliphatic rings. The number of benzene rings is 1. The minimum Gasteiger partial charge on any atom is -0.465 e. The molecule has 0 saturated carbocycles. The average Bonchev–Trinajstić information content (AvgIpc) is 3.56. The van der Waals surface area contributed by atoms with Gasteiger partial charge < -0.3 is 15.5 Å². The van der Waals surface area contributed by atoms with Crippen LogP contribution in [-0.4, -0.2) is 27.6 Å². The van der Waals surface area contributed by atoms with E-state index in [1.165, 1.54) is 28.7 Å². The number of amides is 1. The van der Waals surface area contributed by atoms with Crippen LogP contribution in [0.4, 0.5) is 10.8 Å². The third-order valence-corrected chi connectivity index (χ3v) is 8.56. The Morgan fingerprint density at radius 3 is 2.74 bits per heavy atom. The van der Waals surface area contributed by atoms with Crippen molar-refractivity contribution in [2.75, 3.05) is 16.0 Å². The second-order valence-electron chi connectivity index (χ2n) is 9.00. The number of nitrogens with two attached hydrogens (primary N) is 1. The normalized spacial score (nSPS) is 17.4. The number of Topliss-reactive ketones (excluding diaryl/α,β-unsaturated/α-hetero) is 1. The molecule has 3 N–H and O–H groups in total. The van der Waals surface area contributed by atoms with Gasteiger partial charge in [0.25, 0.3) is 0 Å². The lowest BCUT2D eigenvalue weighted by molar-refractivity contribution is -0.116. The molecular formula is C27H26N6O3S2. The molecule has 1 unspecified atom stereocenters. The number of allylic oxidation sites excluding steroid dienone is 3. The van der Waals surface area contributed by atoms with Gasteiger partial charge in [-0.15, -0.1) is 10.2 Å². The molecule has 1 aliphatic heterocycles. The highest BCUT2D eigenvalue weighted by Gasteiger charge is 2.42. The first kappa shape index (κ1) is 25.8. The number of carbonyl (C=O) groups is 2. The van der Waals surface area contributed by atoms with E-state index in [0.717, 1.165) is 17.8 Å². The zero-order chi connectivity index (χ0) is 26.8. The van der Waals surface area contributed by atoms with E-state index >= 15 is 0 Å². The summed E-state index contributed by atoms with van der Waals surface area (Å²) in [6, 6.07) is 13.6. The van der Waals surface area contributed by atoms with Crippen LogP contribution in [0.15, 0.2) is 67.8 Å². The van der Waals surface area contributed by atoms with Crippen LogP contribution in [-0.2, 0) is 16.0 Å². The van der Waals surface area contributed by atoms with Gasteiger partial charge in [-0.2, -0.15) is 5.26 Å². The van der Waals surface area contributed by atoms with Crippen molar-refractivity contribution in [2.45, 2.75) is 49.8 Å². The molecule has 0 radical (unpaired) electrons. The van der Waals surface area contributed by atoms with Crippen molar-refractivity contribution in [3.63, 3.8) is 0 Å². The number of carbonyl (C=O) groups excluding carboxylic acids is 2. The zero-order valence-electron chi connectivity index (χ0n) is 21.0. The molecule has 2 aromatic heterocycles. The summed E-state index contributed by atoms with van der Waals surface area (Å²) in [7, 11) is 0. The van der Waals surface area contributed by atoms with E-state index in [1.54, 1.807) is 11.0 Å². The van der Waals surface area contributed by atoms with Crippen LogP contribution in [0.25, 0.3) is 0 Å². The molecule has 1 amide bonds. The maximum atomic E-state index is 13.2. The van der Waals surface area contributed by atoms with E-state index in [0.29, 0.717) is 45.8 Å². The van der Waals surface area contributed by atoms with Crippen LogP contribution in [0, 0.1) is 18.3 Å². The van der Waals surface area contributed by atoms with Crippen molar-refractivity contribution in [3.8, 4) is 6.07 Å². The Kier molecular flexibility index (Phi) is 7.35. The van der Waals surface area contributed by atoms with Crippen LogP contribution in [0.3, 0.4) is 0 Å². The lowest BCUT2D eigenvalue weighted by Gasteiger charge is -2.37. The van der Waals surface area contributed by atoms with Gasteiger partial charge in [0.2, 0.25) is 11.0 Å². The molecule has 0 fully saturated rings. The molecule has 1 aromatic carbocycles. The summed E-state index contributed by atoms with van der Waals surface area (Å²) in [6.07, 6.45) is 2.62. The first-order chi connectivity index (χ1) is 18.4. The SMILES string of the molecule is CCc1ccc(NC(=O)CSc2nnc(N3C(N)=C(C#N)C(c4ccc(C)o4)C4=C3CCCC4=O)s2)cc1. The van der Waals surface area contributed by atoms with Gasteiger partial charge in [-0.3, -0.25) is 14.5 Å². The Bertz CT molecular complexity index is 1500. The fourth-order valence-corrected chi connectivity index (χ4v) is 6.38. The summed E-state index contributed by atoms with van der Waals surface area (Å²) in [5, 5.41) is 22.0. The van der Waals surface area contributed by atoms with Gasteiger partial charge in [-0.1, -0.05) is 42.2 Å². The topological polar surface area (TPSA) is 138 Å². The van der Waals surface area contributed by atoms with Gasteiger partial charge >= 0.3 is 0 Å². The number of aryl methyl sites for hydroxylation is 2. The molecule has 0 spiro atoms. The number of nitrogens with zero attached hydrogens (tertiary/aromatic N) is 4. The second-order valence-corrected chi connectivity index (χ2v) is 11.2. The van der Waals surface area contributed by atoms with E-state index in [-0.39, 0.29) is 28.8 Å². The Balaban J connectivity index is 1.38. The number of furan rings is 1. The smallest absolute Gasteiger partial charge is 0.234 e. The number of hydrogen-bond acceptors (Lipinski definition) is 10. The maximum Gasteiger partial charge on any atom is 0.234 e. The van der Waals surface area contributed by atoms with Crippen LogP contribution < -0.4 is 16.0 Å². The molecule has 1 aliphatic carbocycles. The monoisotopic (exact) mass is 546 g/mol. The molecule has 9 nitrogen and oxygen atoms in total. The van der Waals surface area contributed by atoms with E-state index in [2.05, 4.69) is 28.5 Å². The van der Waals surface area contributed by atoms with Crippen molar-refractivity contribution in [1.29, 1.82) is 5.26 Å². The average molecular weight is 547 g/mol. The molecule has 5 rings (SSSR count). The predicted molar refractivity (Wildman–Crippen MR) is 146 cm³/mol. The van der Waals surface area contributed by atoms with E-state index in [1.807, 2.05) is 37.3 Å². The van der Waals surface area contributed by atoms with Crippen LogP contribution >= 0.6 is 23.1 Å². The predicted octanol–water partition coefficient (Wildman–Crippen LogP) is 5.04. The maximum absolute atomic E-state index is 13.2. The summed E-state index contributed by atoms with van der Waals surface area (Å²) in [6.45, 7) is 3.90. The lowest BCUT2D eigenvalue weighted by Crippen LogP contribution is -2.38. The third-order valence-electron chi connectivity index (χ3n) is 6.52. The molecule has 38 heavy (non-hydrogen) atoms. The van der Waals surface area contributed by atoms with Crippen molar-refractivity contribution < 1.29 is 14.0 Å². The van der Waals surface area contributed by atoms with Crippen molar-refractivity contribution in [2.24, 2.45) is 5.73 Å². The van der Waals surface area contributed by atoms with Gasteiger partial charge in [0, 0.05) is 23.4 Å². The fraction of sp³-hybridized carbons (Fsp3) is 0.296. The van der Waals surface area contributed by atoms with Crippen LogP contribution in [0.2, 0.25) is 0 Å². The molecular weight excluding hydrogens is 520 g/mol. The van der Waals surface area contributed by atoms with Crippen LogP contribution in [0.1, 0.15) is 49.2 Å². The van der Waals surface area contributed by atoms with Crippen LogP contribution in [0.5, 0.6) is 0 Å². The van der Waals surface area contributed by atoms with E-state index in [9.17, 15) is 14.9 Å². The molecule has 0 saturated heterocycles. The quantitative estimate of drug-likeness (QED) is 0.390. The number of nitrogens with one attached hydrogen (secondary N) is 1. The molecule has 0 bridgehead atoms. The van der Waals surface area contributed by atoms with Crippen molar-refractivity contribution in [3.05, 3.63) is 76.1 Å². The lowest BCUT2D eigenvalue weighted by atomic mass is 9.78. The summed E-state index contributed by atoms with van der Waals surface area (Å²) in [5.41, 5.74) is 9.98. The number of ketones is 1. The molecule has 194 valence electrons. The number of aromatic nitrogens is 2. The standard InChI is InChI=1S/C27H26N6O3S2/c1-3-16-8-10-17(11-9-16)30-22(35)14-37-27-32-31-26(38-27)33-19-5-4-6-20(34)24(19)23(18(13-28)25(33)29)21-12-7-15(2)36-21/h7-12,23H,3-6,14,29H2,1-2H3,(H,30,35). The summed E-state index contributed by atoms with van der Waals surface area (Å²) in [4.78, 5) is 27.3. The van der Waals surface area contributed by atoms with E-state index < -0.39 is 5.92 Å². The van der Waals surface area contributed by atoms with Crippen molar-refractivity contribution in [1.82, 2.24) is 10.2 Å². The van der Waals surface area contributed by atoms with Gasteiger partial charge in [0.15, 0.2) is 10.1 Å². The Labute approximate surface area is 228 Å². The fourth-order valence-electron chi connectivity index (χ4n) is 4.70. The first-order valence-electron chi connectivity index (χ1n) is 12.3. The third kappa shape index (κ3) is 4.97. The highest BCUT2D eigenvalue weighted by Crippen LogP contribution is 2.47. The highest BCUT2D eigenvalue weighted by atomic mass is 32.2. The zero-order valence-corrected chi connectivity index (χ0v) is 22.6. The van der Waals surface area contributed by atoms with Gasteiger partial charge in [-0.25, -0.2) is 0 Å². The largest absolute Gasteiger partial charge is 0.465 e. The summed E-state index contributed by atoms with van der Waals surface area (Å²) >= 11 is 2.53. The highest BCUT2D eigenvalue weighted by molar-refractivity contribution is 8.01. The Morgan fingerprint density at radius 1 is 1.26 bits per heavy atom. The first-order valence-corrected chi connectivity index (χ1v) is 14.1. The number of nitriles is 1. The second kappa shape index (κ2) is 10.8. The molecule has 3 heterocycles. The minimum absolute atomic E-state index is 0.0293. The number of thioether (sulfide) groups is 1. The molecule has 3 aromatic rings. The number of rotatable bonds is 7. The molecule has 11 heteroatoms. The van der Waals surface area contributed by atoms with Gasteiger partial charge in [-0.05, 0) is 56.0 Å². The number of anilines is 2. The van der Waals surface area contributed by atoms with Gasteiger partial charge in [0.1, 0.15) is 17.3 Å². The Morgan fingerprint density at radius 2 is 2.05 bits per heavy atom. The van der Waals surface area contributed by atoms with Crippen molar-refractivity contribution >= 4 is 45.6 Å². The summed E-state index contributed by atoms with van der Waals surface area (Å²) < 4.78 is 6.42. The summed E-state index contributed by atoms with van der Waals surface area (Å²) in [5.74, 6) is 0.749. The number of hydrogen-bond donors (Lipinski definition) is 2. The minimum atomic E-state index is -0.649. The van der Waals surface area contributed by atoms with Gasteiger partial charge in [0.05, 0.1) is 23.3 Å².